The summed E-state index contributed by atoms with van der Waals surface area (Å²) in [4.78, 5) is 32.4. The van der Waals surface area contributed by atoms with Crippen LogP contribution in [-0.4, -0.2) is 31.9 Å². The Balaban J connectivity index is 1.50. The SMILES string of the molecule is CCC(NC(=O)C1CCC1)c1nnc(C2CSC(c3ccccc3)=N2)[nH]c1=O. The Labute approximate surface area is 167 Å². The average Bonchev–Trinajstić information content (AvgIpc) is 3.16. The zero-order valence-corrected chi connectivity index (χ0v) is 16.5. The molecule has 2 unspecified atom stereocenters. The third kappa shape index (κ3) is 3.87. The summed E-state index contributed by atoms with van der Waals surface area (Å²) >= 11 is 1.64. The Kier molecular flexibility index (Phi) is 5.57. The third-order valence-corrected chi connectivity index (χ3v) is 6.35. The van der Waals surface area contributed by atoms with Gasteiger partial charge in [0.2, 0.25) is 5.91 Å². The Hall–Kier alpha value is -2.48. The second-order valence-corrected chi connectivity index (χ2v) is 8.16. The number of rotatable bonds is 6. The molecule has 2 atom stereocenters. The van der Waals surface area contributed by atoms with Crippen LogP contribution in [0.2, 0.25) is 0 Å². The summed E-state index contributed by atoms with van der Waals surface area (Å²) in [5.41, 5.74) is 1.02. The Morgan fingerprint density at radius 1 is 1.29 bits per heavy atom. The standard InChI is InChI=1S/C20H23N5O2S/c1-2-14(21-18(26)12-9-6-10-12)16-19(27)23-17(25-24-16)15-11-28-20(22-15)13-7-4-3-5-8-13/h3-5,7-8,12,14-15H,2,6,9-11H2,1H3,(H,21,26)(H,23,25,27). The van der Waals surface area contributed by atoms with Gasteiger partial charge in [-0.1, -0.05) is 43.7 Å². The van der Waals surface area contributed by atoms with Crippen LogP contribution in [0.4, 0.5) is 0 Å². The lowest BCUT2D eigenvalue weighted by molar-refractivity contribution is -0.128. The number of nitrogens with one attached hydrogen (secondary N) is 2. The fourth-order valence-corrected chi connectivity index (χ4v) is 4.37. The van der Waals surface area contributed by atoms with Crippen LogP contribution in [0.25, 0.3) is 0 Å². The number of aliphatic imine (C=N–C) groups is 1. The van der Waals surface area contributed by atoms with Gasteiger partial charge in [0.05, 0.1) is 11.1 Å². The number of hydrogen-bond acceptors (Lipinski definition) is 6. The molecule has 8 heteroatoms. The quantitative estimate of drug-likeness (QED) is 0.781. The van der Waals surface area contributed by atoms with Crippen molar-refractivity contribution in [2.75, 3.05) is 5.75 Å². The summed E-state index contributed by atoms with van der Waals surface area (Å²) in [7, 11) is 0. The Bertz CT molecular complexity index is 939. The predicted molar refractivity (Wildman–Crippen MR) is 109 cm³/mol. The minimum absolute atomic E-state index is 0.00710. The molecular weight excluding hydrogens is 374 g/mol. The number of carbonyl (C=O) groups is 1. The molecule has 2 heterocycles. The molecule has 4 rings (SSSR count). The van der Waals surface area contributed by atoms with Gasteiger partial charge in [-0.25, -0.2) is 0 Å². The molecule has 0 spiro atoms. The maximum Gasteiger partial charge on any atom is 0.275 e. The van der Waals surface area contributed by atoms with E-state index in [1.807, 2.05) is 37.3 Å². The highest BCUT2D eigenvalue weighted by Crippen LogP contribution is 2.31. The normalized spacial score (nSPS) is 20.3. The summed E-state index contributed by atoms with van der Waals surface area (Å²) in [5.74, 6) is 1.26. The molecule has 2 aromatic rings. The number of thioether (sulfide) groups is 1. The Morgan fingerprint density at radius 2 is 2.07 bits per heavy atom. The van der Waals surface area contributed by atoms with Crippen molar-refractivity contribution in [1.29, 1.82) is 0 Å². The van der Waals surface area contributed by atoms with E-state index in [0.717, 1.165) is 29.9 Å². The Morgan fingerprint density at radius 3 is 2.71 bits per heavy atom. The zero-order valence-electron chi connectivity index (χ0n) is 15.7. The van der Waals surface area contributed by atoms with Crippen molar-refractivity contribution in [3.05, 3.63) is 57.8 Å². The second-order valence-electron chi connectivity index (χ2n) is 7.15. The lowest BCUT2D eigenvalue weighted by atomic mass is 9.84. The van der Waals surface area contributed by atoms with Gasteiger partial charge in [-0.2, -0.15) is 0 Å². The number of H-pyrrole nitrogens is 1. The molecule has 1 aromatic carbocycles. The largest absolute Gasteiger partial charge is 0.347 e. The molecule has 1 fully saturated rings. The minimum Gasteiger partial charge on any atom is -0.347 e. The van der Waals surface area contributed by atoms with Crippen LogP contribution in [0.3, 0.4) is 0 Å². The van der Waals surface area contributed by atoms with Gasteiger partial charge in [0.1, 0.15) is 6.04 Å². The van der Waals surface area contributed by atoms with E-state index in [-0.39, 0.29) is 29.1 Å². The smallest absolute Gasteiger partial charge is 0.275 e. The van der Waals surface area contributed by atoms with E-state index in [9.17, 15) is 9.59 Å². The van der Waals surface area contributed by atoms with E-state index >= 15 is 0 Å². The number of aromatic nitrogens is 3. The van der Waals surface area contributed by atoms with Crippen molar-refractivity contribution >= 4 is 22.7 Å². The maximum atomic E-state index is 12.6. The number of amides is 1. The first-order chi connectivity index (χ1) is 13.7. The highest BCUT2D eigenvalue weighted by Gasteiger charge is 2.29. The van der Waals surface area contributed by atoms with E-state index < -0.39 is 6.04 Å². The van der Waals surface area contributed by atoms with Gasteiger partial charge in [0.25, 0.3) is 5.56 Å². The molecule has 0 bridgehead atoms. The van der Waals surface area contributed by atoms with Crippen molar-refractivity contribution in [2.45, 2.75) is 44.7 Å². The van der Waals surface area contributed by atoms with Crippen LogP contribution in [-0.2, 0) is 4.79 Å². The van der Waals surface area contributed by atoms with Crippen LogP contribution >= 0.6 is 11.8 Å². The molecule has 1 saturated carbocycles. The summed E-state index contributed by atoms with van der Waals surface area (Å²) in [6.07, 6.45) is 3.52. The molecule has 146 valence electrons. The van der Waals surface area contributed by atoms with E-state index in [4.69, 9.17) is 4.99 Å². The summed E-state index contributed by atoms with van der Waals surface area (Å²) in [5, 5.41) is 12.3. The van der Waals surface area contributed by atoms with Gasteiger partial charge in [0.15, 0.2) is 11.5 Å². The number of benzene rings is 1. The number of aromatic amines is 1. The van der Waals surface area contributed by atoms with Gasteiger partial charge in [0, 0.05) is 17.2 Å². The first-order valence-electron chi connectivity index (χ1n) is 9.69. The highest BCUT2D eigenvalue weighted by atomic mass is 32.2. The fourth-order valence-electron chi connectivity index (χ4n) is 3.31. The monoisotopic (exact) mass is 397 g/mol. The number of nitrogens with zero attached hydrogens (tertiary/aromatic N) is 3. The summed E-state index contributed by atoms with van der Waals surface area (Å²) < 4.78 is 0. The van der Waals surface area contributed by atoms with Crippen LogP contribution in [0, 0.1) is 5.92 Å². The minimum atomic E-state index is -0.417. The third-order valence-electron chi connectivity index (χ3n) is 5.26. The predicted octanol–water partition coefficient (Wildman–Crippen LogP) is 2.77. The van der Waals surface area contributed by atoms with Crippen molar-refractivity contribution < 1.29 is 4.79 Å². The fraction of sp³-hybridized carbons (Fsp3) is 0.450. The van der Waals surface area contributed by atoms with Crippen molar-refractivity contribution in [3.63, 3.8) is 0 Å². The molecule has 1 aliphatic heterocycles. The topological polar surface area (TPSA) is 100 Å². The molecule has 7 nitrogen and oxygen atoms in total. The van der Waals surface area contributed by atoms with Crippen LogP contribution in [0.1, 0.15) is 61.8 Å². The van der Waals surface area contributed by atoms with Gasteiger partial charge < -0.3 is 10.3 Å². The maximum absolute atomic E-state index is 12.6. The summed E-state index contributed by atoms with van der Waals surface area (Å²) in [6.45, 7) is 1.92. The first kappa shape index (κ1) is 18.9. The average molecular weight is 398 g/mol. The molecule has 1 aromatic heterocycles. The molecule has 2 N–H and O–H groups in total. The van der Waals surface area contributed by atoms with Crippen molar-refractivity contribution in [1.82, 2.24) is 20.5 Å². The molecular formula is C20H23N5O2S. The van der Waals surface area contributed by atoms with Gasteiger partial charge >= 0.3 is 0 Å². The first-order valence-corrected chi connectivity index (χ1v) is 10.7. The van der Waals surface area contributed by atoms with E-state index in [1.165, 1.54) is 0 Å². The molecule has 28 heavy (non-hydrogen) atoms. The van der Waals surface area contributed by atoms with E-state index in [2.05, 4.69) is 20.5 Å². The lowest BCUT2D eigenvalue weighted by Gasteiger charge is -2.26. The van der Waals surface area contributed by atoms with Gasteiger partial charge in [-0.3, -0.25) is 14.6 Å². The van der Waals surface area contributed by atoms with Crippen LogP contribution < -0.4 is 10.9 Å². The molecule has 2 aliphatic rings. The van der Waals surface area contributed by atoms with Gasteiger partial charge in [-0.15, -0.1) is 22.0 Å². The van der Waals surface area contributed by atoms with Crippen molar-refractivity contribution in [2.24, 2.45) is 10.9 Å². The molecule has 1 aliphatic carbocycles. The highest BCUT2D eigenvalue weighted by molar-refractivity contribution is 8.14. The molecule has 0 saturated heterocycles. The van der Waals surface area contributed by atoms with Crippen LogP contribution in [0.5, 0.6) is 0 Å². The zero-order chi connectivity index (χ0) is 19.5. The lowest BCUT2D eigenvalue weighted by Crippen LogP contribution is -2.39. The van der Waals surface area contributed by atoms with E-state index in [1.54, 1.807) is 11.8 Å². The van der Waals surface area contributed by atoms with Crippen LogP contribution in [0.15, 0.2) is 40.1 Å². The van der Waals surface area contributed by atoms with E-state index in [0.29, 0.717) is 18.0 Å². The second kappa shape index (κ2) is 8.26. The number of hydrogen-bond donors (Lipinski definition) is 2. The number of carbonyl (C=O) groups excluding carboxylic acids is 1. The summed E-state index contributed by atoms with van der Waals surface area (Å²) in [6, 6.07) is 9.32. The van der Waals surface area contributed by atoms with Crippen molar-refractivity contribution in [3.8, 4) is 0 Å². The molecule has 1 amide bonds. The molecule has 0 radical (unpaired) electrons. The van der Waals surface area contributed by atoms with Gasteiger partial charge in [-0.05, 0) is 19.3 Å².